The second-order valence-corrected chi connectivity index (χ2v) is 0.971. The van der Waals surface area contributed by atoms with E-state index >= 15 is 0 Å². The molecule has 0 rings (SSSR count). The molecule has 0 heterocycles. The molecule has 3 heteroatoms. The molecule has 0 saturated heterocycles. The molecule has 0 aliphatic carbocycles. The minimum absolute atomic E-state index is 0.247. The fourth-order valence-electron chi connectivity index (χ4n) is 0.0527. The molecule has 0 bridgehead atoms. The second-order valence-electron chi connectivity index (χ2n) is 0.971. The highest BCUT2D eigenvalue weighted by Gasteiger charge is 1.88. The van der Waals surface area contributed by atoms with E-state index in [9.17, 15) is 0 Å². The molecule has 0 spiro atoms. The molecule has 0 amide bonds. The molecule has 0 aromatic carbocycles. The molecule has 0 aromatic heterocycles. The summed E-state index contributed by atoms with van der Waals surface area (Å²) in [6, 6.07) is 1.29. The van der Waals surface area contributed by atoms with Crippen LogP contribution in [0.1, 0.15) is 0 Å². The van der Waals surface area contributed by atoms with Gasteiger partial charge in [-0.2, -0.15) is 5.26 Å². The maximum absolute atomic E-state index is 7.88. The van der Waals surface area contributed by atoms with Gasteiger partial charge < -0.3 is 11.5 Å². The monoisotopic (exact) mass is 85.1 g/mol. The van der Waals surface area contributed by atoms with E-state index in [2.05, 4.69) is 0 Å². The van der Waals surface area contributed by atoms with Crippen LogP contribution in [0.3, 0.4) is 0 Å². The minimum atomic E-state index is -0.481. The average Bonchev–Trinajstić information content (AvgIpc) is 1.65. The van der Waals surface area contributed by atoms with Gasteiger partial charge in [0, 0.05) is 6.54 Å². The van der Waals surface area contributed by atoms with E-state index in [1.807, 2.05) is 0 Å². The number of rotatable bonds is 1. The quantitative estimate of drug-likeness (QED) is 0.419. The summed E-state index contributed by atoms with van der Waals surface area (Å²) < 4.78 is 0. The van der Waals surface area contributed by atoms with E-state index in [-0.39, 0.29) is 6.54 Å². The van der Waals surface area contributed by atoms with E-state index < -0.39 is 6.04 Å². The highest BCUT2D eigenvalue weighted by molar-refractivity contribution is 4.86. The SMILES string of the molecule is N#C[C@@H](N)CN. The lowest BCUT2D eigenvalue weighted by molar-refractivity contribution is 0.836. The Kier molecular flexibility index (Phi) is 2.38. The lowest BCUT2D eigenvalue weighted by atomic mass is 10.4. The normalized spacial score (nSPS) is 12.8. The zero-order valence-electron chi connectivity index (χ0n) is 3.39. The van der Waals surface area contributed by atoms with E-state index in [0.717, 1.165) is 0 Å². The third-order valence-corrected chi connectivity index (χ3v) is 0.420. The first-order valence-electron chi connectivity index (χ1n) is 1.66. The fourth-order valence-corrected chi connectivity index (χ4v) is 0.0527. The van der Waals surface area contributed by atoms with Gasteiger partial charge in [0.25, 0.3) is 0 Å². The second kappa shape index (κ2) is 2.64. The molecule has 6 heavy (non-hydrogen) atoms. The minimum Gasteiger partial charge on any atom is -0.328 e. The molecular weight excluding hydrogens is 78.1 g/mol. The molecule has 0 unspecified atom stereocenters. The molecule has 0 saturated carbocycles. The number of nitrogens with two attached hydrogens (primary N) is 2. The summed E-state index contributed by atoms with van der Waals surface area (Å²) in [6.07, 6.45) is 0. The van der Waals surface area contributed by atoms with Gasteiger partial charge in [-0.1, -0.05) is 0 Å². The molecular formula is C3H7N3. The first-order chi connectivity index (χ1) is 2.81. The lowest BCUT2D eigenvalue weighted by Gasteiger charge is -1.89. The van der Waals surface area contributed by atoms with Crippen LogP contribution in [0.25, 0.3) is 0 Å². The number of hydrogen-bond acceptors (Lipinski definition) is 3. The van der Waals surface area contributed by atoms with Gasteiger partial charge in [-0.25, -0.2) is 0 Å². The molecule has 3 nitrogen and oxygen atoms in total. The van der Waals surface area contributed by atoms with Gasteiger partial charge in [0.2, 0.25) is 0 Å². The zero-order valence-corrected chi connectivity index (χ0v) is 3.39. The summed E-state index contributed by atoms with van der Waals surface area (Å²) in [5.74, 6) is 0. The Morgan fingerprint density at radius 1 is 1.83 bits per heavy atom. The van der Waals surface area contributed by atoms with Crippen LogP contribution in [0.15, 0.2) is 0 Å². The molecule has 0 fully saturated rings. The summed E-state index contributed by atoms with van der Waals surface area (Å²) in [5.41, 5.74) is 9.92. The van der Waals surface area contributed by atoms with Gasteiger partial charge in [0.1, 0.15) is 6.04 Å². The summed E-state index contributed by atoms with van der Waals surface area (Å²) in [4.78, 5) is 0. The zero-order chi connectivity index (χ0) is 4.99. The Morgan fingerprint density at radius 3 is 2.33 bits per heavy atom. The van der Waals surface area contributed by atoms with E-state index in [1.165, 1.54) is 0 Å². The van der Waals surface area contributed by atoms with Gasteiger partial charge in [-0.15, -0.1) is 0 Å². The van der Waals surface area contributed by atoms with Crippen LogP contribution >= 0.6 is 0 Å². The van der Waals surface area contributed by atoms with E-state index in [1.54, 1.807) is 6.07 Å². The van der Waals surface area contributed by atoms with Gasteiger partial charge in [0.15, 0.2) is 0 Å². The van der Waals surface area contributed by atoms with Crippen LogP contribution in [-0.2, 0) is 0 Å². The average molecular weight is 85.1 g/mol. The molecule has 34 valence electrons. The molecule has 0 radical (unpaired) electrons. The van der Waals surface area contributed by atoms with Crippen LogP contribution in [-0.4, -0.2) is 12.6 Å². The van der Waals surface area contributed by atoms with Crippen molar-refractivity contribution in [1.82, 2.24) is 0 Å². The van der Waals surface area contributed by atoms with E-state index in [4.69, 9.17) is 16.7 Å². The van der Waals surface area contributed by atoms with Crippen molar-refractivity contribution in [3.63, 3.8) is 0 Å². The summed E-state index contributed by atoms with van der Waals surface area (Å²) in [5, 5.41) is 7.88. The summed E-state index contributed by atoms with van der Waals surface area (Å²) >= 11 is 0. The van der Waals surface area contributed by atoms with Crippen molar-refractivity contribution in [1.29, 1.82) is 5.26 Å². The van der Waals surface area contributed by atoms with Gasteiger partial charge in [0.05, 0.1) is 6.07 Å². The number of hydrogen-bond donors (Lipinski definition) is 2. The first kappa shape index (κ1) is 5.41. The molecule has 0 aromatic rings. The topological polar surface area (TPSA) is 75.8 Å². The van der Waals surface area contributed by atoms with Crippen LogP contribution in [0, 0.1) is 11.3 Å². The number of nitrogens with zero attached hydrogens (tertiary/aromatic N) is 1. The van der Waals surface area contributed by atoms with Crippen LogP contribution < -0.4 is 11.5 Å². The Hall–Kier alpha value is -0.590. The highest BCUT2D eigenvalue weighted by Crippen LogP contribution is 1.60. The molecule has 0 aliphatic heterocycles. The maximum Gasteiger partial charge on any atom is 0.105 e. The fraction of sp³-hybridized carbons (Fsp3) is 0.667. The van der Waals surface area contributed by atoms with Crippen molar-refractivity contribution in [2.75, 3.05) is 6.54 Å². The highest BCUT2D eigenvalue weighted by atomic mass is 14.7. The predicted octanol–water partition coefficient (Wildman–Crippen LogP) is -1.20. The Morgan fingerprint density at radius 2 is 2.33 bits per heavy atom. The molecule has 0 aliphatic rings. The van der Waals surface area contributed by atoms with Gasteiger partial charge in [-0.3, -0.25) is 0 Å². The molecule has 4 N–H and O–H groups in total. The largest absolute Gasteiger partial charge is 0.328 e. The standard InChI is InChI=1S/C3H7N3/c4-1-3(6)2-5/h3H,1,4,6H2/t3-/m0/s1. The Balaban J connectivity index is 3.04. The van der Waals surface area contributed by atoms with Crippen molar-refractivity contribution in [2.45, 2.75) is 6.04 Å². The van der Waals surface area contributed by atoms with Crippen LogP contribution in [0.4, 0.5) is 0 Å². The van der Waals surface area contributed by atoms with E-state index in [0.29, 0.717) is 0 Å². The predicted molar refractivity (Wildman–Crippen MR) is 22.6 cm³/mol. The summed E-state index contributed by atoms with van der Waals surface area (Å²) in [6.45, 7) is 0.247. The first-order valence-corrected chi connectivity index (χ1v) is 1.66. The Bertz CT molecular complexity index is 62.9. The van der Waals surface area contributed by atoms with Gasteiger partial charge >= 0.3 is 0 Å². The van der Waals surface area contributed by atoms with Crippen molar-refractivity contribution in [2.24, 2.45) is 11.5 Å². The van der Waals surface area contributed by atoms with Crippen molar-refractivity contribution in [3.05, 3.63) is 0 Å². The van der Waals surface area contributed by atoms with Crippen molar-refractivity contribution >= 4 is 0 Å². The van der Waals surface area contributed by atoms with Gasteiger partial charge in [-0.05, 0) is 0 Å². The smallest absolute Gasteiger partial charge is 0.105 e. The van der Waals surface area contributed by atoms with Crippen LogP contribution in [0.5, 0.6) is 0 Å². The third kappa shape index (κ3) is 1.70. The number of nitriles is 1. The Labute approximate surface area is 36.5 Å². The van der Waals surface area contributed by atoms with Crippen molar-refractivity contribution < 1.29 is 0 Å². The summed E-state index contributed by atoms with van der Waals surface area (Å²) in [7, 11) is 0. The van der Waals surface area contributed by atoms with Crippen molar-refractivity contribution in [3.8, 4) is 6.07 Å². The van der Waals surface area contributed by atoms with Crippen LogP contribution in [0.2, 0.25) is 0 Å². The third-order valence-electron chi connectivity index (χ3n) is 0.420. The maximum atomic E-state index is 7.88. The lowest BCUT2D eigenvalue weighted by Crippen LogP contribution is -2.27. The molecule has 1 atom stereocenters.